The molecule has 9 nitrogen and oxygen atoms in total. The van der Waals surface area contributed by atoms with E-state index in [1.54, 1.807) is 18.5 Å². The third kappa shape index (κ3) is 5.93. The zero-order valence-electron chi connectivity index (χ0n) is 14.1. The van der Waals surface area contributed by atoms with Crippen molar-refractivity contribution in [1.29, 1.82) is 0 Å². The molecule has 0 aromatic carbocycles. The first-order chi connectivity index (χ1) is 11.2. The smallest absolute Gasteiger partial charge is 0.326 e. The van der Waals surface area contributed by atoms with Crippen LogP contribution in [0, 0.1) is 6.92 Å². The van der Waals surface area contributed by atoms with Gasteiger partial charge in [0.15, 0.2) is 5.03 Å². The van der Waals surface area contributed by atoms with E-state index in [0.29, 0.717) is 18.7 Å². The molecular weight excluding hydrogens is 336 g/mol. The molecule has 1 atom stereocenters. The molecule has 3 N–H and O–H groups in total. The summed E-state index contributed by atoms with van der Waals surface area (Å²) in [6.07, 6.45) is 3.08. The number of carbonyl (C=O) groups excluding carboxylic acids is 1. The Bertz CT molecular complexity index is 664. The van der Waals surface area contributed by atoms with Crippen molar-refractivity contribution in [2.75, 3.05) is 6.54 Å². The normalized spacial score (nSPS) is 12.8. The highest BCUT2D eigenvalue weighted by Crippen LogP contribution is 2.07. The minimum Gasteiger partial charge on any atom is -0.480 e. The van der Waals surface area contributed by atoms with Crippen LogP contribution in [0.15, 0.2) is 11.2 Å². The number of carboxylic acids is 1. The van der Waals surface area contributed by atoms with E-state index in [4.69, 9.17) is 5.11 Å². The fourth-order valence-electron chi connectivity index (χ4n) is 1.96. The van der Waals surface area contributed by atoms with Crippen LogP contribution in [0.25, 0.3) is 0 Å². The highest BCUT2D eigenvalue weighted by atomic mass is 32.2. The lowest BCUT2D eigenvalue weighted by molar-refractivity contribution is -0.142. The van der Waals surface area contributed by atoms with Crippen LogP contribution in [0.5, 0.6) is 0 Å². The molecule has 0 saturated heterocycles. The van der Waals surface area contributed by atoms with E-state index >= 15 is 0 Å². The number of hydrogen-bond acceptors (Lipinski definition) is 5. The second-order valence-electron chi connectivity index (χ2n) is 5.49. The van der Waals surface area contributed by atoms with Crippen LogP contribution in [-0.2, 0) is 26.7 Å². The van der Waals surface area contributed by atoms with Gasteiger partial charge in [0.25, 0.3) is 10.0 Å². The van der Waals surface area contributed by atoms with E-state index in [1.165, 1.54) is 6.20 Å². The number of nitrogens with one attached hydrogen (secondary N) is 2. The Kier molecular flexibility index (Phi) is 7.36. The number of nitrogens with zero attached hydrogens (tertiary/aromatic N) is 2. The number of hydrogen-bond donors (Lipinski definition) is 3. The van der Waals surface area contributed by atoms with E-state index < -0.39 is 27.9 Å². The Balaban J connectivity index is 2.50. The molecule has 0 fully saturated rings. The summed E-state index contributed by atoms with van der Waals surface area (Å²) in [5, 5.41) is 11.3. The molecule has 0 radical (unpaired) electrons. The Hall–Kier alpha value is -1.94. The molecule has 1 aromatic heterocycles. The monoisotopic (exact) mass is 360 g/mol. The lowest BCUT2D eigenvalue weighted by atomic mass is 10.1. The minimum absolute atomic E-state index is 0.116. The lowest BCUT2D eigenvalue weighted by Gasteiger charge is -2.14. The van der Waals surface area contributed by atoms with Crippen molar-refractivity contribution in [2.45, 2.75) is 50.6 Å². The molecule has 1 aromatic rings. The number of imidazole rings is 1. The van der Waals surface area contributed by atoms with Gasteiger partial charge < -0.3 is 15.0 Å². The summed E-state index contributed by atoms with van der Waals surface area (Å²) in [4.78, 5) is 26.7. The van der Waals surface area contributed by atoms with E-state index in [2.05, 4.69) is 15.0 Å². The Morgan fingerprint density at radius 2 is 2.08 bits per heavy atom. The van der Waals surface area contributed by atoms with Crippen molar-refractivity contribution in [3.8, 4) is 0 Å². The number of carboxylic acid groups (broad SMARTS) is 1. The molecule has 0 spiro atoms. The quantitative estimate of drug-likeness (QED) is 0.545. The number of aliphatic carboxylic acids is 1. The predicted molar refractivity (Wildman–Crippen MR) is 86.8 cm³/mol. The van der Waals surface area contributed by atoms with Crippen LogP contribution < -0.4 is 10.0 Å². The first-order valence-corrected chi connectivity index (χ1v) is 9.17. The average Bonchev–Trinajstić information content (AvgIpc) is 2.83. The topological polar surface area (TPSA) is 130 Å². The van der Waals surface area contributed by atoms with Gasteiger partial charge in [-0.3, -0.25) is 4.79 Å². The van der Waals surface area contributed by atoms with Gasteiger partial charge in [0.1, 0.15) is 11.9 Å². The zero-order valence-corrected chi connectivity index (χ0v) is 14.9. The van der Waals surface area contributed by atoms with Crippen LogP contribution >= 0.6 is 0 Å². The molecule has 0 aliphatic heterocycles. The SMILES string of the molecule is CCCCC(NC(=O)CCNS(=O)(=O)c1cn(C)c(C)n1)C(=O)O. The average molecular weight is 360 g/mol. The first kappa shape index (κ1) is 20.1. The molecular formula is C14H24N4O5S. The molecule has 1 rings (SSSR count). The number of sulfonamides is 1. The van der Waals surface area contributed by atoms with Crippen molar-refractivity contribution in [3.63, 3.8) is 0 Å². The van der Waals surface area contributed by atoms with E-state index in [9.17, 15) is 18.0 Å². The number of unbranched alkanes of at least 4 members (excludes halogenated alkanes) is 1. The molecule has 0 saturated carbocycles. The summed E-state index contributed by atoms with van der Waals surface area (Å²) < 4.78 is 27.9. The van der Waals surface area contributed by atoms with Gasteiger partial charge in [-0.15, -0.1) is 0 Å². The molecule has 1 unspecified atom stereocenters. The van der Waals surface area contributed by atoms with Crippen molar-refractivity contribution in [3.05, 3.63) is 12.0 Å². The summed E-state index contributed by atoms with van der Waals surface area (Å²) in [7, 11) is -2.12. The summed E-state index contributed by atoms with van der Waals surface area (Å²) in [6, 6.07) is -0.951. The first-order valence-electron chi connectivity index (χ1n) is 7.69. The third-order valence-electron chi connectivity index (χ3n) is 3.49. The summed E-state index contributed by atoms with van der Waals surface area (Å²) in [5.74, 6) is -1.06. The van der Waals surface area contributed by atoms with Crippen LogP contribution in [0.4, 0.5) is 0 Å². The summed E-state index contributed by atoms with van der Waals surface area (Å²) in [5.41, 5.74) is 0. The van der Waals surface area contributed by atoms with Gasteiger partial charge in [0.05, 0.1) is 0 Å². The molecule has 24 heavy (non-hydrogen) atoms. The number of carbonyl (C=O) groups is 2. The van der Waals surface area contributed by atoms with Crippen molar-refractivity contribution in [2.24, 2.45) is 7.05 Å². The van der Waals surface area contributed by atoms with E-state index in [0.717, 1.165) is 6.42 Å². The summed E-state index contributed by atoms with van der Waals surface area (Å²) >= 11 is 0. The van der Waals surface area contributed by atoms with Gasteiger partial charge in [0.2, 0.25) is 5.91 Å². The van der Waals surface area contributed by atoms with Gasteiger partial charge in [-0.25, -0.2) is 22.9 Å². The summed E-state index contributed by atoms with van der Waals surface area (Å²) in [6.45, 7) is 3.47. The molecule has 1 heterocycles. The van der Waals surface area contributed by atoms with Gasteiger partial charge in [-0.1, -0.05) is 19.8 Å². The van der Waals surface area contributed by atoms with Crippen molar-refractivity contribution in [1.82, 2.24) is 19.6 Å². The second kappa shape index (κ2) is 8.78. The fourth-order valence-corrected chi connectivity index (χ4v) is 3.03. The number of amides is 1. The Morgan fingerprint density at radius 3 is 2.58 bits per heavy atom. The molecule has 0 aliphatic rings. The highest BCUT2D eigenvalue weighted by molar-refractivity contribution is 7.89. The van der Waals surface area contributed by atoms with Gasteiger partial charge in [-0.05, 0) is 13.3 Å². The number of rotatable bonds is 10. The van der Waals surface area contributed by atoms with Crippen LogP contribution in [0.2, 0.25) is 0 Å². The van der Waals surface area contributed by atoms with E-state index in [-0.39, 0.29) is 18.0 Å². The van der Waals surface area contributed by atoms with Crippen LogP contribution in [0.3, 0.4) is 0 Å². The lowest BCUT2D eigenvalue weighted by Crippen LogP contribution is -2.42. The predicted octanol–water partition coefficient (Wildman–Crippen LogP) is 0.157. The van der Waals surface area contributed by atoms with E-state index in [1.807, 2.05) is 6.92 Å². The highest BCUT2D eigenvalue weighted by Gasteiger charge is 2.21. The Labute approximate surface area is 141 Å². The third-order valence-corrected chi connectivity index (χ3v) is 4.82. The molecule has 0 aliphatic carbocycles. The maximum atomic E-state index is 12.0. The minimum atomic E-state index is -3.79. The van der Waals surface area contributed by atoms with Crippen molar-refractivity contribution < 1.29 is 23.1 Å². The van der Waals surface area contributed by atoms with Crippen molar-refractivity contribution >= 4 is 21.9 Å². The zero-order chi connectivity index (χ0) is 18.3. The molecule has 0 bridgehead atoms. The maximum absolute atomic E-state index is 12.0. The molecule has 136 valence electrons. The Morgan fingerprint density at radius 1 is 1.42 bits per heavy atom. The number of aromatic nitrogens is 2. The molecule has 1 amide bonds. The van der Waals surface area contributed by atoms with Gasteiger partial charge in [0, 0.05) is 26.2 Å². The van der Waals surface area contributed by atoms with Gasteiger partial charge >= 0.3 is 5.97 Å². The largest absolute Gasteiger partial charge is 0.480 e. The second-order valence-corrected chi connectivity index (χ2v) is 7.20. The number of aryl methyl sites for hydroxylation is 2. The van der Waals surface area contributed by atoms with Crippen LogP contribution in [0.1, 0.15) is 38.4 Å². The standard InChI is InChI=1S/C14H24N4O5S/c1-4-5-6-11(14(20)21)17-12(19)7-8-15-24(22,23)13-9-18(3)10(2)16-13/h9,11,15H,4-8H2,1-3H3,(H,17,19)(H,20,21). The van der Waals surface area contributed by atoms with Crippen LogP contribution in [-0.4, -0.2) is 47.5 Å². The fraction of sp³-hybridized carbons (Fsp3) is 0.643. The maximum Gasteiger partial charge on any atom is 0.326 e. The van der Waals surface area contributed by atoms with Gasteiger partial charge in [-0.2, -0.15) is 0 Å². The molecule has 10 heteroatoms.